The van der Waals surface area contributed by atoms with E-state index in [-0.39, 0.29) is 12.5 Å². The summed E-state index contributed by atoms with van der Waals surface area (Å²) in [5, 5.41) is 3.16. The number of imidazole rings is 1. The van der Waals surface area contributed by atoms with Crippen LogP contribution in [0.4, 0.5) is 5.95 Å². The Bertz CT molecular complexity index is 548. The van der Waals surface area contributed by atoms with Gasteiger partial charge in [0.15, 0.2) is 0 Å². The van der Waals surface area contributed by atoms with Crippen molar-refractivity contribution in [3.05, 3.63) is 24.3 Å². The van der Waals surface area contributed by atoms with Crippen molar-refractivity contribution in [2.45, 2.75) is 20.4 Å². The van der Waals surface area contributed by atoms with Gasteiger partial charge in [-0.3, -0.25) is 9.36 Å². The molecule has 0 unspecified atom stereocenters. The van der Waals surface area contributed by atoms with Gasteiger partial charge in [-0.15, -0.1) is 0 Å². The van der Waals surface area contributed by atoms with E-state index in [9.17, 15) is 4.79 Å². The van der Waals surface area contributed by atoms with Gasteiger partial charge in [0, 0.05) is 6.54 Å². The van der Waals surface area contributed by atoms with E-state index in [4.69, 9.17) is 4.74 Å². The quantitative estimate of drug-likeness (QED) is 0.821. The van der Waals surface area contributed by atoms with Crippen molar-refractivity contribution < 1.29 is 9.53 Å². The number of nitrogens with one attached hydrogen (secondary N) is 1. The molecule has 1 aromatic heterocycles. The highest BCUT2D eigenvalue weighted by Crippen LogP contribution is 2.19. The first-order chi connectivity index (χ1) is 8.76. The molecule has 0 atom stereocenters. The third-order valence-corrected chi connectivity index (χ3v) is 2.58. The fourth-order valence-electron chi connectivity index (χ4n) is 1.86. The van der Waals surface area contributed by atoms with Crippen LogP contribution in [0.3, 0.4) is 0 Å². The predicted molar refractivity (Wildman–Crippen MR) is 70.5 cm³/mol. The van der Waals surface area contributed by atoms with Crippen LogP contribution in [-0.4, -0.2) is 28.7 Å². The number of rotatable bonds is 5. The topological polar surface area (TPSA) is 56.2 Å². The van der Waals surface area contributed by atoms with Crippen molar-refractivity contribution in [1.29, 1.82) is 0 Å². The number of para-hydroxylation sites is 2. The van der Waals surface area contributed by atoms with E-state index in [0.29, 0.717) is 12.6 Å². The Labute approximate surface area is 106 Å². The summed E-state index contributed by atoms with van der Waals surface area (Å²) in [6, 6.07) is 7.74. The zero-order valence-electron chi connectivity index (χ0n) is 10.6. The molecule has 0 saturated heterocycles. The van der Waals surface area contributed by atoms with Gasteiger partial charge in [-0.2, -0.15) is 0 Å². The standard InChI is InChI=1S/C13H17N3O2/c1-3-14-13-15-10-7-5-6-8-11(10)16(13)9-12(17)18-4-2/h5-8H,3-4,9H2,1-2H3,(H,14,15). The van der Waals surface area contributed by atoms with Gasteiger partial charge in [-0.1, -0.05) is 12.1 Å². The molecule has 96 valence electrons. The lowest BCUT2D eigenvalue weighted by Gasteiger charge is -2.08. The molecule has 5 nitrogen and oxygen atoms in total. The van der Waals surface area contributed by atoms with Gasteiger partial charge in [0.25, 0.3) is 0 Å². The molecule has 1 aromatic carbocycles. The number of anilines is 1. The molecule has 1 N–H and O–H groups in total. The number of hydrogen-bond acceptors (Lipinski definition) is 4. The lowest BCUT2D eigenvalue weighted by molar-refractivity contribution is -0.143. The van der Waals surface area contributed by atoms with Gasteiger partial charge < -0.3 is 10.1 Å². The number of carbonyl (C=O) groups is 1. The first-order valence-electron chi connectivity index (χ1n) is 6.11. The molecule has 0 aliphatic carbocycles. The van der Waals surface area contributed by atoms with Crippen LogP contribution in [0.25, 0.3) is 11.0 Å². The minimum Gasteiger partial charge on any atom is -0.465 e. The molecule has 0 bridgehead atoms. The van der Waals surface area contributed by atoms with E-state index in [1.165, 1.54) is 0 Å². The van der Waals surface area contributed by atoms with E-state index in [0.717, 1.165) is 17.6 Å². The van der Waals surface area contributed by atoms with Crippen molar-refractivity contribution >= 4 is 23.0 Å². The van der Waals surface area contributed by atoms with Gasteiger partial charge in [0.1, 0.15) is 6.54 Å². The largest absolute Gasteiger partial charge is 0.465 e. The average Bonchev–Trinajstić information content (AvgIpc) is 2.69. The number of nitrogens with zero attached hydrogens (tertiary/aromatic N) is 2. The normalized spacial score (nSPS) is 10.6. The number of aromatic nitrogens is 2. The third kappa shape index (κ3) is 2.45. The Balaban J connectivity index is 2.38. The Morgan fingerprint density at radius 1 is 1.39 bits per heavy atom. The van der Waals surface area contributed by atoms with Gasteiger partial charge in [-0.25, -0.2) is 4.98 Å². The van der Waals surface area contributed by atoms with Gasteiger partial charge in [0.05, 0.1) is 17.6 Å². The molecule has 2 rings (SSSR count). The zero-order chi connectivity index (χ0) is 13.0. The second-order valence-corrected chi connectivity index (χ2v) is 3.85. The van der Waals surface area contributed by atoms with E-state index in [2.05, 4.69) is 10.3 Å². The Hall–Kier alpha value is -2.04. The lowest BCUT2D eigenvalue weighted by atomic mass is 10.3. The first-order valence-corrected chi connectivity index (χ1v) is 6.11. The summed E-state index contributed by atoms with van der Waals surface area (Å²) in [4.78, 5) is 16.1. The van der Waals surface area contributed by atoms with Crippen LogP contribution < -0.4 is 5.32 Å². The number of benzene rings is 1. The maximum absolute atomic E-state index is 11.6. The molecule has 0 saturated carbocycles. The summed E-state index contributed by atoms with van der Waals surface area (Å²) < 4.78 is 6.83. The Morgan fingerprint density at radius 2 is 2.17 bits per heavy atom. The molecule has 0 radical (unpaired) electrons. The molecular formula is C13H17N3O2. The summed E-state index contributed by atoms with van der Waals surface area (Å²) in [7, 11) is 0. The SMILES string of the molecule is CCNc1nc2ccccc2n1CC(=O)OCC. The zero-order valence-corrected chi connectivity index (χ0v) is 10.6. The van der Waals surface area contributed by atoms with E-state index < -0.39 is 0 Å². The van der Waals surface area contributed by atoms with Crippen LogP contribution in [-0.2, 0) is 16.1 Å². The molecule has 0 fully saturated rings. The van der Waals surface area contributed by atoms with Crippen LogP contribution >= 0.6 is 0 Å². The fraction of sp³-hybridized carbons (Fsp3) is 0.385. The van der Waals surface area contributed by atoms with Gasteiger partial charge in [-0.05, 0) is 26.0 Å². The van der Waals surface area contributed by atoms with E-state index >= 15 is 0 Å². The lowest BCUT2D eigenvalue weighted by Crippen LogP contribution is -2.16. The molecule has 0 aliphatic rings. The summed E-state index contributed by atoms with van der Waals surface area (Å²) in [6.07, 6.45) is 0. The van der Waals surface area contributed by atoms with Crippen LogP contribution in [0, 0.1) is 0 Å². The number of carbonyl (C=O) groups excluding carboxylic acids is 1. The highest BCUT2D eigenvalue weighted by atomic mass is 16.5. The number of fused-ring (bicyclic) bond motifs is 1. The number of ether oxygens (including phenoxy) is 1. The molecule has 5 heteroatoms. The minimum absolute atomic E-state index is 0.177. The highest BCUT2D eigenvalue weighted by Gasteiger charge is 2.13. The highest BCUT2D eigenvalue weighted by molar-refractivity contribution is 5.81. The second-order valence-electron chi connectivity index (χ2n) is 3.85. The predicted octanol–water partition coefficient (Wildman–Crippen LogP) is 2.03. The monoisotopic (exact) mass is 247 g/mol. The van der Waals surface area contributed by atoms with Gasteiger partial charge in [0.2, 0.25) is 5.95 Å². The fourth-order valence-corrected chi connectivity index (χ4v) is 1.86. The maximum atomic E-state index is 11.6. The number of esters is 1. The molecule has 0 spiro atoms. The van der Waals surface area contributed by atoms with E-state index in [1.54, 1.807) is 6.92 Å². The van der Waals surface area contributed by atoms with Crippen LogP contribution in [0.15, 0.2) is 24.3 Å². The maximum Gasteiger partial charge on any atom is 0.326 e. The second kappa shape index (κ2) is 5.53. The number of hydrogen-bond donors (Lipinski definition) is 1. The van der Waals surface area contributed by atoms with E-state index in [1.807, 2.05) is 35.8 Å². The molecule has 0 aliphatic heterocycles. The summed E-state index contributed by atoms with van der Waals surface area (Å²) in [5.41, 5.74) is 1.80. The smallest absolute Gasteiger partial charge is 0.326 e. The van der Waals surface area contributed by atoms with Crippen molar-refractivity contribution in [1.82, 2.24) is 9.55 Å². The third-order valence-electron chi connectivity index (χ3n) is 2.58. The van der Waals surface area contributed by atoms with Crippen molar-refractivity contribution in [2.24, 2.45) is 0 Å². The molecule has 2 aromatic rings. The van der Waals surface area contributed by atoms with Crippen LogP contribution in [0.2, 0.25) is 0 Å². The van der Waals surface area contributed by atoms with Crippen LogP contribution in [0.5, 0.6) is 0 Å². The summed E-state index contributed by atoms with van der Waals surface area (Å²) >= 11 is 0. The Morgan fingerprint density at radius 3 is 2.89 bits per heavy atom. The molecular weight excluding hydrogens is 230 g/mol. The van der Waals surface area contributed by atoms with Gasteiger partial charge >= 0.3 is 5.97 Å². The first kappa shape index (κ1) is 12.4. The summed E-state index contributed by atoms with van der Waals surface area (Å²) in [5.74, 6) is 0.451. The molecule has 1 heterocycles. The molecule has 18 heavy (non-hydrogen) atoms. The van der Waals surface area contributed by atoms with Crippen molar-refractivity contribution in [2.75, 3.05) is 18.5 Å². The summed E-state index contributed by atoms with van der Waals surface area (Å²) in [6.45, 7) is 5.12. The van der Waals surface area contributed by atoms with Crippen molar-refractivity contribution in [3.63, 3.8) is 0 Å². The van der Waals surface area contributed by atoms with Crippen molar-refractivity contribution in [3.8, 4) is 0 Å². The average molecular weight is 247 g/mol. The van der Waals surface area contributed by atoms with Crippen LogP contribution in [0.1, 0.15) is 13.8 Å². The Kier molecular flexibility index (Phi) is 3.82. The minimum atomic E-state index is -0.250. The molecule has 0 amide bonds.